The zero-order chi connectivity index (χ0) is 15.0. The smallest absolute Gasteiger partial charge is 0.268 e. The summed E-state index contributed by atoms with van der Waals surface area (Å²) >= 11 is 17.0. The van der Waals surface area contributed by atoms with Crippen molar-refractivity contribution >= 4 is 57.9 Å². The number of benzene rings is 1. The Labute approximate surface area is 135 Å². The third-order valence-corrected chi connectivity index (χ3v) is 3.38. The zero-order valence-corrected chi connectivity index (χ0v) is 13.1. The van der Waals surface area contributed by atoms with Crippen LogP contribution in [0.25, 0.3) is 23.1 Å². The number of rotatable bonds is 2. The molecule has 2 aromatic heterocycles. The van der Waals surface area contributed by atoms with Crippen molar-refractivity contribution in [3.05, 3.63) is 47.4 Å². The zero-order valence-electron chi connectivity index (χ0n) is 10.8. The van der Waals surface area contributed by atoms with Crippen molar-refractivity contribution in [2.75, 3.05) is 0 Å². The summed E-state index contributed by atoms with van der Waals surface area (Å²) in [6.45, 7) is 1.89. The molecule has 0 unspecified atom stereocenters. The first-order chi connectivity index (χ1) is 9.95. The Hall–Kier alpha value is -1.49. The van der Waals surface area contributed by atoms with E-state index in [1.807, 2.05) is 37.3 Å². The number of furan rings is 1. The number of hydrogen-bond acceptors (Lipinski definition) is 4. The average Bonchev–Trinajstić information content (AvgIpc) is 3.00. The van der Waals surface area contributed by atoms with Gasteiger partial charge in [-0.25, -0.2) is 0 Å². The second-order valence-electron chi connectivity index (χ2n) is 4.34. The van der Waals surface area contributed by atoms with Gasteiger partial charge in [0.05, 0.1) is 0 Å². The predicted octanol–water partition coefficient (Wildman–Crippen LogP) is 5.12. The lowest BCUT2D eigenvalue weighted by Crippen LogP contribution is -1.99. The first-order valence-electron chi connectivity index (χ1n) is 6.02. The van der Waals surface area contributed by atoms with Gasteiger partial charge in [0.2, 0.25) is 5.89 Å². The summed E-state index contributed by atoms with van der Waals surface area (Å²) in [6, 6.07) is 7.76. The fourth-order valence-electron chi connectivity index (χ4n) is 1.97. The molecule has 0 aliphatic heterocycles. The summed E-state index contributed by atoms with van der Waals surface area (Å²) in [5.41, 5.74) is 1.77. The number of alkyl halides is 3. The fourth-order valence-corrected chi connectivity index (χ4v) is 2.20. The van der Waals surface area contributed by atoms with Gasteiger partial charge < -0.3 is 8.83 Å². The Balaban J connectivity index is 1.95. The average molecular weight is 344 g/mol. The van der Waals surface area contributed by atoms with E-state index in [1.165, 1.54) is 0 Å². The molecule has 7 heteroatoms. The number of nitrogens with zero attached hydrogens (tertiary/aromatic N) is 2. The molecule has 3 rings (SSSR count). The summed E-state index contributed by atoms with van der Waals surface area (Å²) in [6.07, 6.45) is 3.48. The van der Waals surface area contributed by atoms with Gasteiger partial charge in [-0.3, -0.25) is 0 Å². The molecule has 2 heterocycles. The van der Waals surface area contributed by atoms with Crippen molar-refractivity contribution in [3.63, 3.8) is 0 Å². The van der Waals surface area contributed by atoms with Crippen LogP contribution in [0, 0.1) is 6.92 Å². The normalized spacial score (nSPS) is 12.6. The number of para-hydroxylation sites is 1. The SMILES string of the molecule is Cc1oc2ccccc2c1C=Cc1nnc(C(Cl)(Cl)Cl)o1. The third kappa shape index (κ3) is 2.93. The second kappa shape index (κ2) is 5.37. The van der Waals surface area contributed by atoms with Crippen LogP contribution in [-0.4, -0.2) is 10.2 Å². The van der Waals surface area contributed by atoms with E-state index >= 15 is 0 Å². The van der Waals surface area contributed by atoms with Crippen molar-refractivity contribution < 1.29 is 8.83 Å². The van der Waals surface area contributed by atoms with E-state index in [9.17, 15) is 0 Å². The minimum absolute atomic E-state index is 0.0686. The molecule has 0 saturated carbocycles. The van der Waals surface area contributed by atoms with Gasteiger partial charge in [0.25, 0.3) is 9.68 Å². The first kappa shape index (κ1) is 14.4. The highest BCUT2D eigenvalue weighted by Gasteiger charge is 2.29. The molecular formula is C14H9Cl3N2O2. The lowest BCUT2D eigenvalue weighted by Gasteiger charge is -2.01. The summed E-state index contributed by atoms with van der Waals surface area (Å²) in [4.78, 5) is 0. The summed E-state index contributed by atoms with van der Waals surface area (Å²) < 4.78 is 9.20. The molecule has 0 saturated heterocycles. The van der Waals surface area contributed by atoms with Gasteiger partial charge in [-0.15, -0.1) is 10.2 Å². The maximum Gasteiger partial charge on any atom is 0.268 e. The molecule has 0 amide bonds. The minimum atomic E-state index is -1.72. The quantitative estimate of drug-likeness (QED) is 0.606. The molecule has 108 valence electrons. The maximum atomic E-state index is 5.67. The Bertz CT molecular complexity index is 815. The molecule has 1 aromatic carbocycles. The molecule has 4 nitrogen and oxygen atoms in total. The molecule has 0 fully saturated rings. The fraction of sp³-hybridized carbons (Fsp3) is 0.143. The highest BCUT2D eigenvalue weighted by atomic mass is 35.6. The number of aromatic nitrogens is 2. The molecule has 0 atom stereocenters. The van der Waals surface area contributed by atoms with Crippen LogP contribution in [0.15, 0.2) is 33.1 Å². The van der Waals surface area contributed by atoms with Crippen LogP contribution >= 0.6 is 34.8 Å². The van der Waals surface area contributed by atoms with E-state index < -0.39 is 3.79 Å². The lowest BCUT2D eigenvalue weighted by molar-refractivity contribution is 0.493. The van der Waals surface area contributed by atoms with E-state index in [-0.39, 0.29) is 11.8 Å². The van der Waals surface area contributed by atoms with Gasteiger partial charge in [0.1, 0.15) is 11.3 Å². The van der Waals surface area contributed by atoms with Crippen LogP contribution in [0.1, 0.15) is 23.1 Å². The molecule has 0 bridgehead atoms. The Morgan fingerprint density at radius 1 is 1.05 bits per heavy atom. The van der Waals surface area contributed by atoms with Crippen molar-refractivity contribution in [1.29, 1.82) is 0 Å². The Morgan fingerprint density at radius 3 is 2.52 bits per heavy atom. The van der Waals surface area contributed by atoms with Crippen molar-refractivity contribution in [2.45, 2.75) is 10.7 Å². The van der Waals surface area contributed by atoms with E-state index in [0.717, 1.165) is 22.3 Å². The van der Waals surface area contributed by atoms with Gasteiger partial charge in [-0.05, 0) is 19.1 Å². The summed E-state index contributed by atoms with van der Waals surface area (Å²) in [7, 11) is 0. The van der Waals surface area contributed by atoms with Crippen LogP contribution in [0.2, 0.25) is 0 Å². The Kier molecular flexibility index (Phi) is 3.69. The first-order valence-corrected chi connectivity index (χ1v) is 7.15. The van der Waals surface area contributed by atoms with Crippen LogP contribution < -0.4 is 0 Å². The highest BCUT2D eigenvalue weighted by molar-refractivity contribution is 6.66. The van der Waals surface area contributed by atoms with Gasteiger partial charge in [-0.1, -0.05) is 53.0 Å². The highest BCUT2D eigenvalue weighted by Crippen LogP contribution is 2.37. The molecule has 0 spiro atoms. The minimum Gasteiger partial charge on any atom is -0.461 e. The van der Waals surface area contributed by atoms with Crippen molar-refractivity contribution in [3.8, 4) is 0 Å². The van der Waals surface area contributed by atoms with Crippen LogP contribution in [-0.2, 0) is 3.79 Å². The van der Waals surface area contributed by atoms with Gasteiger partial charge in [0, 0.05) is 17.0 Å². The molecule has 21 heavy (non-hydrogen) atoms. The number of halogens is 3. The number of hydrogen-bond donors (Lipinski definition) is 0. The Morgan fingerprint density at radius 2 is 1.81 bits per heavy atom. The molecule has 0 N–H and O–H groups in total. The van der Waals surface area contributed by atoms with E-state index in [0.29, 0.717) is 0 Å². The topological polar surface area (TPSA) is 52.1 Å². The number of aryl methyl sites for hydroxylation is 1. The van der Waals surface area contributed by atoms with E-state index in [2.05, 4.69) is 10.2 Å². The maximum absolute atomic E-state index is 5.67. The standard InChI is InChI=1S/C14H9Cl3N2O2/c1-8-9(10-4-2-3-5-11(10)20-8)6-7-12-18-19-13(21-12)14(15,16)17/h2-7H,1H3. The van der Waals surface area contributed by atoms with Crippen molar-refractivity contribution in [1.82, 2.24) is 10.2 Å². The monoisotopic (exact) mass is 342 g/mol. The number of fused-ring (bicyclic) bond motifs is 1. The van der Waals surface area contributed by atoms with Gasteiger partial charge in [0.15, 0.2) is 0 Å². The van der Waals surface area contributed by atoms with Crippen LogP contribution in [0.5, 0.6) is 0 Å². The van der Waals surface area contributed by atoms with Gasteiger partial charge in [-0.2, -0.15) is 0 Å². The molecule has 0 aliphatic carbocycles. The van der Waals surface area contributed by atoms with Gasteiger partial charge >= 0.3 is 0 Å². The lowest BCUT2D eigenvalue weighted by atomic mass is 10.1. The molecular weight excluding hydrogens is 335 g/mol. The summed E-state index contributed by atoms with van der Waals surface area (Å²) in [5.74, 6) is 0.982. The summed E-state index contributed by atoms with van der Waals surface area (Å²) in [5, 5.41) is 8.50. The van der Waals surface area contributed by atoms with Crippen LogP contribution in [0.3, 0.4) is 0 Å². The largest absolute Gasteiger partial charge is 0.461 e. The second-order valence-corrected chi connectivity index (χ2v) is 6.63. The molecule has 0 radical (unpaired) electrons. The molecule has 0 aliphatic rings. The van der Waals surface area contributed by atoms with E-state index in [1.54, 1.807) is 6.08 Å². The van der Waals surface area contributed by atoms with Crippen LogP contribution in [0.4, 0.5) is 0 Å². The molecule has 3 aromatic rings. The predicted molar refractivity (Wildman–Crippen MR) is 83.4 cm³/mol. The third-order valence-electron chi connectivity index (χ3n) is 2.90. The van der Waals surface area contributed by atoms with E-state index in [4.69, 9.17) is 43.6 Å². The van der Waals surface area contributed by atoms with Crippen molar-refractivity contribution in [2.24, 2.45) is 0 Å².